The Morgan fingerprint density at radius 3 is 2.87 bits per heavy atom. The second-order valence-corrected chi connectivity index (χ2v) is 4.95. The van der Waals surface area contributed by atoms with Crippen LogP contribution in [-0.4, -0.2) is 28.9 Å². The minimum atomic E-state index is 0.313. The summed E-state index contributed by atoms with van der Waals surface area (Å²) in [5.41, 5.74) is 7.76. The van der Waals surface area contributed by atoms with Gasteiger partial charge in [0.05, 0.1) is 6.04 Å². The summed E-state index contributed by atoms with van der Waals surface area (Å²) in [6.45, 7) is 2.18. The number of hydrogen-bond acceptors (Lipinski definition) is 4. The van der Waals surface area contributed by atoms with E-state index in [9.17, 15) is 0 Å². The van der Waals surface area contributed by atoms with E-state index in [1.54, 1.807) is 0 Å². The van der Waals surface area contributed by atoms with Crippen molar-refractivity contribution >= 4 is 22.6 Å². The molecule has 3 rings (SSSR count). The summed E-state index contributed by atoms with van der Waals surface area (Å²) in [4.78, 5) is 7.08. The molecule has 78 valence electrons. The van der Waals surface area contributed by atoms with Gasteiger partial charge in [0.2, 0.25) is 0 Å². The van der Waals surface area contributed by atoms with Crippen LogP contribution >= 0.6 is 11.8 Å². The number of nitrogens with zero attached hydrogens (tertiary/aromatic N) is 2. The lowest BCUT2D eigenvalue weighted by molar-refractivity contribution is 0.464. The Morgan fingerprint density at radius 1 is 1.33 bits per heavy atom. The highest BCUT2D eigenvalue weighted by molar-refractivity contribution is 8.14. The average molecular weight is 219 g/mol. The maximum Gasteiger partial charge on any atom is 0.160 e. The maximum absolute atomic E-state index is 5.67. The topological polar surface area (TPSA) is 41.6 Å². The van der Waals surface area contributed by atoms with E-state index < -0.39 is 0 Å². The third-order valence-electron chi connectivity index (χ3n) is 2.84. The molecule has 1 aromatic rings. The zero-order valence-corrected chi connectivity index (χ0v) is 9.20. The van der Waals surface area contributed by atoms with Gasteiger partial charge in [-0.3, -0.25) is 4.99 Å². The van der Waals surface area contributed by atoms with E-state index in [1.165, 1.54) is 16.5 Å². The summed E-state index contributed by atoms with van der Waals surface area (Å²) in [6, 6.07) is 8.37. The third kappa shape index (κ3) is 1.59. The number of fused-ring (bicyclic) bond motifs is 1. The summed E-state index contributed by atoms with van der Waals surface area (Å²) in [6.07, 6.45) is 0. The summed E-state index contributed by atoms with van der Waals surface area (Å²) in [5, 5.41) is 1.22. The highest BCUT2D eigenvalue weighted by Gasteiger charge is 2.29. The number of thioether (sulfide) groups is 1. The maximum atomic E-state index is 5.67. The Balaban J connectivity index is 1.85. The van der Waals surface area contributed by atoms with Gasteiger partial charge in [-0.1, -0.05) is 23.9 Å². The molecule has 1 saturated heterocycles. The van der Waals surface area contributed by atoms with Gasteiger partial charge in [-0.05, 0) is 17.7 Å². The van der Waals surface area contributed by atoms with Crippen molar-refractivity contribution in [2.45, 2.75) is 6.04 Å². The third-order valence-corrected chi connectivity index (χ3v) is 3.85. The van der Waals surface area contributed by atoms with Crippen LogP contribution in [0.15, 0.2) is 29.3 Å². The molecule has 0 radical (unpaired) electrons. The summed E-state index contributed by atoms with van der Waals surface area (Å²) >= 11 is 1.87. The second-order valence-electron chi connectivity index (χ2n) is 3.89. The van der Waals surface area contributed by atoms with Crippen LogP contribution < -0.4 is 5.73 Å². The molecule has 4 heteroatoms. The molecular weight excluding hydrogens is 206 g/mol. The van der Waals surface area contributed by atoms with E-state index in [1.807, 2.05) is 23.9 Å². The van der Waals surface area contributed by atoms with Crippen LogP contribution in [0, 0.1) is 0 Å². The number of hydrogen-bond donors (Lipinski definition) is 1. The lowest BCUT2D eigenvalue weighted by atomic mass is 10.1. The quantitative estimate of drug-likeness (QED) is 0.731. The van der Waals surface area contributed by atoms with Crippen molar-refractivity contribution < 1.29 is 0 Å². The highest BCUT2D eigenvalue weighted by Crippen LogP contribution is 2.32. The first kappa shape index (κ1) is 9.09. The summed E-state index contributed by atoms with van der Waals surface area (Å²) in [5.74, 6) is 1.19. The average Bonchev–Trinajstić information content (AvgIpc) is 2.78. The fourth-order valence-electron chi connectivity index (χ4n) is 2.00. The van der Waals surface area contributed by atoms with Gasteiger partial charge in [-0.25, -0.2) is 0 Å². The zero-order valence-electron chi connectivity index (χ0n) is 8.39. The van der Waals surface area contributed by atoms with Gasteiger partial charge < -0.3 is 10.6 Å². The zero-order chi connectivity index (χ0) is 10.3. The van der Waals surface area contributed by atoms with Crippen molar-refractivity contribution in [3.63, 3.8) is 0 Å². The molecule has 0 aromatic heterocycles. The normalized spacial score (nSPS) is 24.1. The molecule has 1 atom stereocenters. The fourth-order valence-corrected chi connectivity index (χ4v) is 3.05. The molecular formula is C11H13N3S. The summed E-state index contributed by atoms with van der Waals surface area (Å²) in [7, 11) is 0. The van der Waals surface area contributed by atoms with Gasteiger partial charge in [0, 0.05) is 24.5 Å². The predicted molar refractivity (Wildman–Crippen MR) is 65.1 cm³/mol. The van der Waals surface area contributed by atoms with Crippen molar-refractivity contribution in [2.75, 3.05) is 24.6 Å². The number of rotatable bonds is 1. The van der Waals surface area contributed by atoms with Gasteiger partial charge in [0.25, 0.3) is 0 Å². The fraction of sp³-hybridized carbons (Fsp3) is 0.364. The van der Waals surface area contributed by atoms with Crippen LogP contribution in [0.4, 0.5) is 5.69 Å². The molecule has 0 spiro atoms. The molecule has 0 bridgehead atoms. The molecule has 15 heavy (non-hydrogen) atoms. The van der Waals surface area contributed by atoms with Gasteiger partial charge in [-0.15, -0.1) is 0 Å². The monoisotopic (exact) mass is 219 g/mol. The molecule has 3 nitrogen and oxygen atoms in total. The van der Waals surface area contributed by atoms with Crippen molar-refractivity contribution in [3.05, 3.63) is 29.8 Å². The molecule has 1 aromatic carbocycles. The molecule has 1 fully saturated rings. The predicted octanol–water partition coefficient (Wildman–Crippen LogP) is 1.73. The molecule has 2 N–H and O–H groups in total. The number of amidine groups is 1. The van der Waals surface area contributed by atoms with Crippen molar-refractivity contribution in [1.29, 1.82) is 0 Å². The van der Waals surface area contributed by atoms with Gasteiger partial charge in [0.1, 0.15) is 0 Å². The lowest BCUT2D eigenvalue weighted by Gasteiger charge is -2.12. The number of nitrogen functional groups attached to an aromatic ring is 1. The van der Waals surface area contributed by atoms with Gasteiger partial charge in [0.15, 0.2) is 5.17 Å². The van der Waals surface area contributed by atoms with Gasteiger partial charge >= 0.3 is 0 Å². The standard InChI is InChI=1S/C11H13N3S/c12-9-3-1-8(2-4-9)10-7-14-5-6-15-11(14)13-10/h1-4,10H,5-7,12H2. The van der Waals surface area contributed by atoms with Crippen molar-refractivity contribution in [2.24, 2.45) is 4.99 Å². The Labute approximate surface area is 93.4 Å². The van der Waals surface area contributed by atoms with E-state index >= 15 is 0 Å². The first-order valence-electron chi connectivity index (χ1n) is 5.14. The first-order valence-corrected chi connectivity index (χ1v) is 6.12. The Kier molecular flexibility index (Phi) is 2.09. The Morgan fingerprint density at radius 2 is 2.13 bits per heavy atom. The minimum absolute atomic E-state index is 0.313. The van der Waals surface area contributed by atoms with Crippen LogP contribution in [0.5, 0.6) is 0 Å². The molecule has 2 heterocycles. The van der Waals surface area contributed by atoms with E-state index in [0.29, 0.717) is 6.04 Å². The van der Waals surface area contributed by atoms with Crippen molar-refractivity contribution in [3.8, 4) is 0 Å². The Bertz CT molecular complexity index is 399. The summed E-state index contributed by atoms with van der Waals surface area (Å²) < 4.78 is 0. The van der Waals surface area contributed by atoms with Crippen LogP contribution in [0.2, 0.25) is 0 Å². The number of benzene rings is 1. The molecule has 0 amide bonds. The lowest BCUT2D eigenvalue weighted by Crippen LogP contribution is -2.21. The van der Waals surface area contributed by atoms with E-state index in [-0.39, 0.29) is 0 Å². The van der Waals surface area contributed by atoms with Crippen molar-refractivity contribution in [1.82, 2.24) is 4.90 Å². The second kappa shape index (κ2) is 3.45. The van der Waals surface area contributed by atoms with E-state index in [4.69, 9.17) is 10.7 Å². The van der Waals surface area contributed by atoms with Crippen LogP contribution in [0.3, 0.4) is 0 Å². The van der Waals surface area contributed by atoms with Crippen LogP contribution in [0.25, 0.3) is 0 Å². The van der Waals surface area contributed by atoms with Crippen LogP contribution in [0.1, 0.15) is 11.6 Å². The highest BCUT2D eigenvalue weighted by atomic mass is 32.2. The minimum Gasteiger partial charge on any atom is -0.399 e. The SMILES string of the molecule is Nc1ccc(C2CN3CCSC3=N2)cc1. The number of aliphatic imine (C=N–C) groups is 1. The Hall–Kier alpha value is -1.16. The van der Waals surface area contributed by atoms with E-state index in [0.717, 1.165) is 18.8 Å². The largest absolute Gasteiger partial charge is 0.399 e. The molecule has 0 aliphatic carbocycles. The molecule has 2 aliphatic heterocycles. The smallest absolute Gasteiger partial charge is 0.160 e. The molecule has 0 saturated carbocycles. The molecule has 1 unspecified atom stereocenters. The number of anilines is 1. The van der Waals surface area contributed by atoms with E-state index in [2.05, 4.69) is 17.0 Å². The molecule has 2 aliphatic rings. The number of nitrogens with two attached hydrogens (primary N) is 1. The van der Waals surface area contributed by atoms with Crippen LogP contribution in [-0.2, 0) is 0 Å². The first-order chi connectivity index (χ1) is 7.33. The van der Waals surface area contributed by atoms with Gasteiger partial charge in [-0.2, -0.15) is 0 Å².